The van der Waals surface area contributed by atoms with Crippen molar-refractivity contribution in [3.05, 3.63) is 87.9 Å². The molecule has 0 saturated heterocycles. The molecule has 6 heteroatoms. The van der Waals surface area contributed by atoms with Crippen molar-refractivity contribution in [2.45, 2.75) is 24.9 Å². The Balaban J connectivity index is 1.43. The minimum Gasteiger partial charge on any atom is -0.497 e. The normalized spacial score (nSPS) is 15.4. The van der Waals surface area contributed by atoms with Crippen LogP contribution in [0.3, 0.4) is 0 Å². The summed E-state index contributed by atoms with van der Waals surface area (Å²) in [5.41, 5.74) is 2.03. The van der Waals surface area contributed by atoms with Crippen LogP contribution in [0.4, 0.5) is 4.39 Å². The van der Waals surface area contributed by atoms with E-state index < -0.39 is 0 Å². The Morgan fingerprint density at radius 2 is 1.80 bits per heavy atom. The van der Waals surface area contributed by atoms with Crippen LogP contribution in [-0.4, -0.2) is 19.6 Å². The summed E-state index contributed by atoms with van der Waals surface area (Å²) in [6, 6.07) is 18.1. The van der Waals surface area contributed by atoms with E-state index in [1.165, 1.54) is 30.5 Å². The first-order chi connectivity index (χ1) is 14.6. The minimum atomic E-state index is -0.291. The van der Waals surface area contributed by atoms with E-state index in [4.69, 9.17) is 4.74 Å². The number of methoxy groups -OCH3 is 1. The quantitative estimate of drug-likeness (QED) is 0.517. The zero-order valence-corrected chi connectivity index (χ0v) is 17.6. The summed E-state index contributed by atoms with van der Waals surface area (Å²) in [6.45, 7) is 0.219. The average molecular weight is 425 g/mol. The van der Waals surface area contributed by atoms with Crippen LogP contribution in [0, 0.1) is 11.7 Å². The Labute approximate surface area is 180 Å². The predicted octanol–water partition coefficient (Wildman–Crippen LogP) is 4.84. The van der Waals surface area contributed by atoms with E-state index in [1.54, 1.807) is 30.6 Å². The van der Waals surface area contributed by atoms with Crippen LogP contribution >= 0.6 is 11.3 Å². The molecule has 2 aromatic carbocycles. The van der Waals surface area contributed by atoms with Crippen LogP contribution in [0.15, 0.2) is 66.0 Å². The Kier molecular flexibility index (Phi) is 6.45. The molecule has 1 amide bonds. The molecule has 2 atom stereocenters. The van der Waals surface area contributed by atoms with Gasteiger partial charge in [0.05, 0.1) is 19.7 Å². The van der Waals surface area contributed by atoms with Crippen LogP contribution in [0.25, 0.3) is 0 Å². The number of carbonyl (C=O) groups is 1. The second kappa shape index (κ2) is 9.41. The van der Waals surface area contributed by atoms with E-state index in [0.29, 0.717) is 5.92 Å². The highest BCUT2D eigenvalue weighted by atomic mass is 32.1. The smallest absolute Gasteiger partial charge is 0.234 e. The van der Waals surface area contributed by atoms with Gasteiger partial charge in [-0.05, 0) is 65.6 Å². The van der Waals surface area contributed by atoms with Crippen LogP contribution in [0.1, 0.15) is 40.9 Å². The summed E-state index contributed by atoms with van der Waals surface area (Å²) < 4.78 is 18.6. The Bertz CT molecular complexity index is 954. The van der Waals surface area contributed by atoms with Crippen molar-refractivity contribution >= 4 is 17.2 Å². The topological polar surface area (TPSA) is 50.4 Å². The number of benzene rings is 2. The highest BCUT2D eigenvalue weighted by molar-refractivity contribution is 7.10. The van der Waals surface area contributed by atoms with Crippen molar-refractivity contribution in [3.63, 3.8) is 0 Å². The highest BCUT2D eigenvalue weighted by Gasteiger charge is 2.32. The lowest BCUT2D eigenvalue weighted by molar-refractivity contribution is -0.120. The van der Waals surface area contributed by atoms with Gasteiger partial charge in [0.1, 0.15) is 11.6 Å². The lowest BCUT2D eigenvalue weighted by Gasteiger charge is -2.21. The molecule has 1 heterocycles. The SMILES string of the molecule is COc1ccc(C(NCC(=O)NC(c2ccc(F)cc2)c2cccs2)C2CC2)cc1. The number of hydrogen-bond acceptors (Lipinski definition) is 4. The van der Waals surface area contributed by atoms with Crippen molar-refractivity contribution < 1.29 is 13.9 Å². The molecule has 4 nitrogen and oxygen atoms in total. The molecule has 4 rings (SSSR count). The molecule has 1 aliphatic rings. The maximum atomic E-state index is 13.4. The Morgan fingerprint density at radius 1 is 1.10 bits per heavy atom. The third-order valence-electron chi connectivity index (χ3n) is 5.39. The first-order valence-electron chi connectivity index (χ1n) is 10.1. The molecule has 1 aliphatic carbocycles. The second-order valence-electron chi connectivity index (χ2n) is 7.54. The standard InChI is InChI=1S/C24H25FN2O2S/c1-29-20-12-8-17(9-13-20)23(16-4-5-16)26-15-22(28)27-24(21-3-2-14-30-21)18-6-10-19(25)11-7-18/h2-3,6-14,16,23-24,26H,4-5,15H2,1H3,(H,27,28). The fraction of sp³-hybridized carbons (Fsp3) is 0.292. The van der Waals surface area contributed by atoms with Crippen LogP contribution in [0.5, 0.6) is 5.75 Å². The van der Waals surface area contributed by atoms with Crippen molar-refractivity contribution in [1.29, 1.82) is 0 Å². The van der Waals surface area contributed by atoms with Crippen molar-refractivity contribution in [2.75, 3.05) is 13.7 Å². The first-order valence-corrected chi connectivity index (χ1v) is 11.0. The van der Waals surface area contributed by atoms with Gasteiger partial charge in [0, 0.05) is 10.9 Å². The molecule has 1 saturated carbocycles. The first kappa shape index (κ1) is 20.6. The van der Waals surface area contributed by atoms with Gasteiger partial charge in [0.2, 0.25) is 5.91 Å². The molecule has 3 aromatic rings. The summed E-state index contributed by atoms with van der Waals surface area (Å²) >= 11 is 1.57. The average Bonchev–Trinajstić information content (AvgIpc) is 3.46. The second-order valence-corrected chi connectivity index (χ2v) is 8.52. The van der Waals surface area contributed by atoms with E-state index in [0.717, 1.165) is 16.2 Å². The molecule has 0 radical (unpaired) electrons. The van der Waals surface area contributed by atoms with Gasteiger partial charge in [0.15, 0.2) is 0 Å². The summed E-state index contributed by atoms with van der Waals surface area (Å²) in [5, 5.41) is 8.52. The van der Waals surface area contributed by atoms with Gasteiger partial charge in [-0.1, -0.05) is 30.3 Å². The maximum Gasteiger partial charge on any atom is 0.234 e. The molecule has 1 fully saturated rings. The third-order valence-corrected chi connectivity index (χ3v) is 6.32. The Morgan fingerprint density at radius 3 is 2.40 bits per heavy atom. The molecule has 1 aromatic heterocycles. The van der Waals surface area contributed by atoms with Gasteiger partial charge < -0.3 is 15.4 Å². The summed E-state index contributed by atoms with van der Waals surface area (Å²) in [7, 11) is 1.65. The molecule has 0 aliphatic heterocycles. The molecular formula is C24H25FN2O2S. The number of carbonyl (C=O) groups excluding carboxylic acids is 1. The number of rotatable bonds is 9. The number of amides is 1. The zero-order chi connectivity index (χ0) is 20.9. The van der Waals surface area contributed by atoms with E-state index in [-0.39, 0.29) is 30.4 Å². The van der Waals surface area contributed by atoms with Crippen molar-refractivity contribution in [2.24, 2.45) is 5.92 Å². The van der Waals surface area contributed by atoms with Crippen LogP contribution in [-0.2, 0) is 4.79 Å². The fourth-order valence-electron chi connectivity index (χ4n) is 3.64. The van der Waals surface area contributed by atoms with Crippen LogP contribution < -0.4 is 15.4 Å². The van der Waals surface area contributed by atoms with E-state index in [2.05, 4.69) is 22.8 Å². The number of nitrogens with one attached hydrogen (secondary N) is 2. The number of hydrogen-bond donors (Lipinski definition) is 2. The molecule has 0 bridgehead atoms. The predicted molar refractivity (Wildman–Crippen MR) is 117 cm³/mol. The van der Waals surface area contributed by atoms with Crippen molar-refractivity contribution in [3.8, 4) is 5.75 Å². The van der Waals surface area contributed by atoms with Crippen molar-refractivity contribution in [1.82, 2.24) is 10.6 Å². The molecule has 2 unspecified atom stereocenters. The fourth-order valence-corrected chi connectivity index (χ4v) is 4.44. The van der Waals surface area contributed by atoms with Gasteiger partial charge in [-0.3, -0.25) is 4.79 Å². The molecule has 30 heavy (non-hydrogen) atoms. The lowest BCUT2D eigenvalue weighted by atomic mass is 10.0. The highest BCUT2D eigenvalue weighted by Crippen LogP contribution is 2.41. The van der Waals surface area contributed by atoms with Crippen LogP contribution in [0.2, 0.25) is 0 Å². The van der Waals surface area contributed by atoms with Gasteiger partial charge >= 0.3 is 0 Å². The summed E-state index contributed by atoms with van der Waals surface area (Å²) in [4.78, 5) is 13.8. The van der Waals surface area contributed by atoms with E-state index in [9.17, 15) is 9.18 Å². The largest absolute Gasteiger partial charge is 0.497 e. The summed E-state index contributed by atoms with van der Waals surface area (Å²) in [5.74, 6) is 1.00. The number of ether oxygens (including phenoxy) is 1. The lowest BCUT2D eigenvalue weighted by Crippen LogP contribution is -2.38. The van der Waals surface area contributed by atoms with Gasteiger partial charge in [-0.15, -0.1) is 11.3 Å². The number of halogens is 1. The number of thiophene rings is 1. The molecule has 156 valence electrons. The zero-order valence-electron chi connectivity index (χ0n) is 16.8. The van der Waals surface area contributed by atoms with Gasteiger partial charge in [0.25, 0.3) is 0 Å². The Hall–Kier alpha value is -2.70. The maximum absolute atomic E-state index is 13.4. The third kappa shape index (κ3) is 5.07. The van der Waals surface area contributed by atoms with E-state index >= 15 is 0 Å². The summed E-state index contributed by atoms with van der Waals surface area (Å²) in [6.07, 6.45) is 2.33. The van der Waals surface area contributed by atoms with Gasteiger partial charge in [-0.2, -0.15) is 0 Å². The minimum absolute atomic E-state index is 0.0862. The van der Waals surface area contributed by atoms with Gasteiger partial charge in [-0.25, -0.2) is 4.39 Å². The van der Waals surface area contributed by atoms with E-state index in [1.807, 2.05) is 29.6 Å². The molecular weight excluding hydrogens is 399 g/mol. The molecule has 2 N–H and O–H groups in total. The molecule has 0 spiro atoms. The monoisotopic (exact) mass is 424 g/mol.